The Balaban J connectivity index is 1.98. The lowest BCUT2D eigenvalue weighted by molar-refractivity contribution is -0.137. The predicted octanol–water partition coefficient (Wildman–Crippen LogP) is 4.39. The fraction of sp³-hybridized carbons (Fsp3) is 0.294. The summed E-state index contributed by atoms with van der Waals surface area (Å²) in [5.41, 5.74) is 0.794. The van der Waals surface area contributed by atoms with Gasteiger partial charge in [-0.3, -0.25) is 9.59 Å². The van der Waals surface area contributed by atoms with Gasteiger partial charge in [-0.2, -0.15) is 0 Å². The van der Waals surface area contributed by atoms with Crippen molar-refractivity contribution in [1.82, 2.24) is 5.32 Å². The van der Waals surface area contributed by atoms with Crippen molar-refractivity contribution >= 4 is 46.6 Å². The molecular weight excluding hydrogens is 366 g/mol. The van der Waals surface area contributed by atoms with E-state index in [1.807, 2.05) is 36.6 Å². The van der Waals surface area contributed by atoms with Crippen LogP contribution >= 0.6 is 34.7 Å². The van der Waals surface area contributed by atoms with E-state index in [0.29, 0.717) is 17.2 Å². The van der Waals surface area contributed by atoms with Crippen LogP contribution in [-0.2, 0) is 16.0 Å². The average molecular weight is 384 g/mol. The highest BCUT2D eigenvalue weighted by Gasteiger charge is 2.18. The van der Waals surface area contributed by atoms with Crippen molar-refractivity contribution in [1.29, 1.82) is 0 Å². The molecule has 0 bridgehead atoms. The molecule has 0 saturated heterocycles. The molecule has 1 amide bonds. The molecule has 0 saturated carbocycles. The van der Waals surface area contributed by atoms with Crippen LogP contribution in [0.4, 0.5) is 0 Å². The fourth-order valence-electron chi connectivity index (χ4n) is 2.25. The Kier molecular flexibility index (Phi) is 7.15. The standard InChI is InChI=1S/C17H18ClNO3S2/c1-23-12-4-2-11(3-5-12)14(10-17(21)22)19-16(20)9-7-13-6-8-15(18)24-13/h2-6,8,14H,7,9-10H2,1H3,(H,19,20)(H,21,22). The van der Waals surface area contributed by atoms with Crippen molar-refractivity contribution in [2.75, 3.05) is 6.26 Å². The minimum absolute atomic E-state index is 0.144. The van der Waals surface area contributed by atoms with Gasteiger partial charge in [0.05, 0.1) is 16.8 Å². The third-order valence-corrected chi connectivity index (χ3v) is 5.49. The van der Waals surface area contributed by atoms with Crippen LogP contribution in [0.15, 0.2) is 41.3 Å². The number of carbonyl (C=O) groups excluding carboxylic acids is 1. The maximum absolute atomic E-state index is 12.2. The van der Waals surface area contributed by atoms with Gasteiger partial charge in [-0.25, -0.2) is 0 Å². The van der Waals surface area contributed by atoms with Crippen LogP contribution in [0.3, 0.4) is 0 Å². The number of nitrogens with one attached hydrogen (secondary N) is 1. The van der Waals surface area contributed by atoms with E-state index in [4.69, 9.17) is 16.7 Å². The third-order valence-electron chi connectivity index (χ3n) is 3.46. The third kappa shape index (κ3) is 5.85. The number of carboxylic acids is 1. The number of carboxylic acid groups (broad SMARTS) is 1. The van der Waals surface area contributed by atoms with Gasteiger partial charge in [-0.1, -0.05) is 23.7 Å². The largest absolute Gasteiger partial charge is 0.481 e. The average Bonchev–Trinajstić information content (AvgIpc) is 2.97. The van der Waals surface area contributed by atoms with Crippen LogP contribution in [0.1, 0.15) is 29.3 Å². The summed E-state index contributed by atoms with van der Waals surface area (Å²) in [6, 6.07) is 10.7. The van der Waals surface area contributed by atoms with Crippen LogP contribution in [-0.4, -0.2) is 23.2 Å². The summed E-state index contributed by atoms with van der Waals surface area (Å²) >= 11 is 8.93. The molecule has 2 aromatic rings. The number of hydrogen-bond acceptors (Lipinski definition) is 4. The minimum Gasteiger partial charge on any atom is -0.481 e. The Morgan fingerprint density at radius 2 is 1.96 bits per heavy atom. The first-order chi connectivity index (χ1) is 11.5. The Morgan fingerprint density at radius 1 is 1.25 bits per heavy atom. The molecule has 1 atom stereocenters. The molecule has 0 aliphatic heterocycles. The second kappa shape index (κ2) is 9.11. The van der Waals surface area contributed by atoms with Crippen molar-refractivity contribution in [3.63, 3.8) is 0 Å². The molecule has 1 heterocycles. The van der Waals surface area contributed by atoms with E-state index in [1.54, 1.807) is 17.8 Å². The molecule has 128 valence electrons. The summed E-state index contributed by atoms with van der Waals surface area (Å²) in [6.45, 7) is 0. The summed E-state index contributed by atoms with van der Waals surface area (Å²) in [5.74, 6) is -1.11. The van der Waals surface area contributed by atoms with Crippen LogP contribution in [0.25, 0.3) is 0 Å². The van der Waals surface area contributed by atoms with Crippen molar-refractivity contribution in [2.24, 2.45) is 0 Å². The second-order valence-electron chi connectivity index (χ2n) is 5.20. The number of thioether (sulfide) groups is 1. The summed E-state index contributed by atoms with van der Waals surface area (Å²) in [4.78, 5) is 25.4. The number of halogens is 1. The molecule has 0 aliphatic rings. The molecule has 1 unspecified atom stereocenters. The van der Waals surface area contributed by atoms with Gasteiger partial charge >= 0.3 is 5.97 Å². The molecule has 0 radical (unpaired) electrons. The van der Waals surface area contributed by atoms with Gasteiger partial charge in [0.2, 0.25) is 5.91 Å². The lowest BCUT2D eigenvalue weighted by Gasteiger charge is -2.17. The van der Waals surface area contributed by atoms with Gasteiger partial charge in [0.1, 0.15) is 0 Å². The van der Waals surface area contributed by atoms with Gasteiger partial charge in [0, 0.05) is 16.2 Å². The molecule has 24 heavy (non-hydrogen) atoms. The highest BCUT2D eigenvalue weighted by Crippen LogP contribution is 2.24. The topological polar surface area (TPSA) is 66.4 Å². The van der Waals surface area contributed by atoms with Gasteiger partial charge in [0.25, 0.3) is 0 Å². The van der Waals surface area contributed by atoms with Crippen LogP contribution < -0.4 is 5.32 Å². The Morgan fingerprint density at radius 3 is 2.50 bits per heavy atom. The zero-order valence-electron chi connectivity index (χ0n) is 13.1. The number of hydrogen-bond donors (Lipinski definition) is 2. The Bertz CT molecular complexity index is 700. The van der Waals surface area contributed by atoms with Crippen molar-refractivity contribution in [3.05, 3.63) is 51.2 Å². The van der Waals surface area contributed by atoms with Crippen molar-refractivity contribution < 1.29 is 14.7 Å². The maximum atomic E-state index is 12.2. The molecule has 2 N–H and O–H groups in total. The highest BCUT2D eigenvalue weighted by atomic mass is 35.5. The van der Waals surface area contributed by atoms with E-state index in [2.05, 4.69) is 5.32 Å². The van der Waals surface area contributed by atoms with E-state index < -0.39 is 12.0 Å². The number of benzene rings is 1. The number of aryl methyl sites for hydroxylation is 1. The Labute approximate surface area is 154 Å². The van der Waals surface area contributed by atoms with Crippen LogP contribution in [0.2, 0.25) is 4.34 Å². The zero-order valence-corrected chi connectivity index (χ0v) is 15.5. The molecule has 0 aliphatic carbocycles. The number of carbonyl (C=O) groups is 2. The van der Waals surface area contributed by atoms with Gasteiger partial charge in [-0.15, -0.1) is 23.1 Å². The predicted molar refractivity (Wildman–Crippen MR) is 99.0 cm³/mol. The van der Waals surface area contributed by atoms with E-state index >= 15 is 0 Å². The molecule has 4 nitrogen and oxygen atoms in total. The molecule has 2 rings (SSSR count). The smallest absolute Gasteiger partial charge is 0.305 e. The normalized spacial score (nSPS) is 11.9. The molecule has 0 spiro atoms. The number of rotatable bonds is 8. The van der Waals surface area contributed by atoms with E-state index in [-0.39, 0.29) is 12.3 Å². The quantitative estimate of drug-likeness (QED) is 0.663. The SMILES string of the molecule is CSc1ccc(C(CC(=O)O)NC(=O)CCc2ccc(Cl)s2)cc1. The van der Waals surface area contributed by atoms with E-state index in [1.165, 1.54) is 11.3 Å². The van der Waals surface area contributed by atoms with Gasteiger partial charge in [0.15, 0.2) is 0 Å². The fourth-order valence-corrected chi connectivity index (χ4v) is 3.75. The Hall–Kier alpha value is -1.50. The number of aliphatic carboxylic acids is 1. The number of thiophene rings is 1. The lowest BCUT2D eigenvalue weighted by Crippen LogP contribution is -2.30. The summed E-state index contributed by atoms with van der Waals surface area (Å²) in [5, 5.41) is 11.9. The van der Waals surface area contributed by atoms with Gasteiger partial charge < -0.3 is 10.4 Å². The van der Waals surface area contributed by atoms with E-state index in [0.717, 1.165) is 15.3 Å². The summed E-state index contributed by atoms with van der Waals surface area (Å²) in [6.07, 6.45) is 2.72. The molecule has 1 aromatic heterocycles. The first kappa shape index (κ1) is 18.8. The maximum Gasteiger partial charge on any atom is 0.305 e. The number of amides is 1. The van der Waals surface area contributed by atoms with E-state index in [9.17, 15) is 9.59 Å². The first-order valence-corrected chi connectivity index (χ1v) is 9.79. The van der Waals surface area contributed by atoms with Gasteiger partial charge in [-0.05, 0) is 42.5 Å². The molecular formula is C17H18ClNO3S2. The molecule has 7 heteroatoms. The van der Waals surface area contributed by atoms with Crippen LogP contribution in [0, 0.1) is 0 Å². The molecule has 1 aromatic carbocycles. The van der Waals surface area contributed by atoms with Crippen LogP contribution in [0.5, 0.6) is 0 Å². The van der Waals surface area contributed by atoms with Crippen molar-refractivity contribution in [3.8, 4) is 0 Å². The first-order valence-electron chi connectivity index (χ1n) is 7.37. The monoisotopic (exact) mass is 383 g/mol. The molecule has 0 fully saturated rings. The summed E-state index contributed by atoms with van der Waals surface area (Å²) in [7, 11) is 0. The summed E-state index contributed by atoms with van der Waals surface area (Å²) < 4.78 is 0.697. The lowest BCUT2D eigenvalue weighted by atomic mass is 10.0. The van der Waals surface area contributed by atoms with Crippen molar-refractivity contribution in [2.45, 2.75) is 30.2 Å². The highest BCUT2D eigenvalue weighted by molar-refractivity contribution is 7.98. The second-order valence-corrected chi connectivity index (χ2v) is 7.88. The zero-order chi connectivity index (χ0) is 17.5. The minimum atomic E-state index is -0.945.